The molecule has 7 heteroatoms. The highest BCUT2D eigenvalue weighted by Crippen LogP contribution is 2.24. The van der Waals surface area contributed by atoms with Gasteiger partial charge in [0.25, 0.3) is 0 Å². The van der Waals surface area contributed by atoms with E-state index in [1.165, 1.54) is 0 Å². The Balaban J connectivity index is 1.55. The maximum absolute atomic E-state index is 12.3. The summed E-state index contributed by atoms with van der Waals surface area (Å²) in [4.78, 5) is 37.7. The van der Waals surface area contributed by atoms with Gasteiger partial charge in [0.2, 0.25) is 17.7 Å². The van der Waals surface area contributed by atoms with Gasteiger partial charge in [0.1, 0.15) is 0 Å². The van der Waals surface area contributed by atoms with Gasteiger partial charge in [-0.3, -0.25) is 19.3 Å². The molecule has 138 valence electrons. The molecule has 0 spiro atoms. The first kappa shape index (κ1) is 18.1. The molecule has 1 aliphatic heterocycles. The average molecular weight is 356 g/mol. The van der Waals surface area contributed by atoms with Crippen LogP contribution in [0.1, 0.15) is 19.3 Å². The number of hydrogen-bond donors (Lipinski definition) is 3. The number of amides is 3. The summed E-state index contributed by atoms with van der Waals surface area (Å²) in [5.41, 5.74) is 1.15. The van der Waals surface area contributed by atoms with Gasteiger partial charge in [0, 0.05) is 19.5 Å². The molecule has 0 radical (unpaired) electrons. The summed E-state index contributed by atoms with van der Waals surface area (Å²) in [5.74, 6) is -0.0456. The van der Waals surface area contributed by atoms with Crippen LogP contribution in [0, 0.1) is 5.92 Å². The molecule has 3 amide bonds. The standard InChI is InChI=1S/C19H24N4O3/c24-17(11-14-5-1-2-6-14)21-15-7-3-4-8-16(15)22-19(26)13-23-10-9-20-18(25)12-23/h1,3-5,7-8,14H,2,6,9-13H2,(H,20,25)(H,21,24)(H,22,26). The Hall–Kier alpha value is -2.67. The smallest absolute Gasteiger partial charge is 0.238 e. The van der Waals surface area contributed by atoms with Crippen LogP contribution in [-0.2, 0) is 14.4 Å². The molecule has 1 heterocycles. The number of piperazine rings is 1. The Morgan fingerprint density at radius 3 is 2.54 bits per heavy atom. The Morgan fingerprint density at radius 2 is 1.88 bits per heavy atom. The predicted molar refractivity (Wildman–Crippen MR) is 99.6 cm³/mol. The molecule has 3 N–H and O–H groups in total. The molecule has 1 aromatic rings. The maximum Gasteiger partial charge on any atom is 0.238 e. The third-order valence-corrected chi connectivity index (χ3v) is 4.52. The maximum atomic E-state index is 12.3. The number of carbonyl (C=O) groups is 3. The number of para-hydroxylation sites is 2. The van der Waals surface area contributed by atoms with Crippen molar-refractivity contribution < 1.29 is 14.4 Å². The lowest BCUT2D eigenvalue weighted by molar-refractivity contribution is -0.125. The van der Waals surface area contributed by atoms with E-state index in [0.29, 0.717) is 36.8 Å². The highest BCUT2D eigenvalue weighted by atomic mass is 16.2. The number of hydrogen-bond acceptors (Lipinski definition) is 4. The van der Waals surface area contributed by atoms with Gasteiger partial charge in [-0.15, -0.1) is 0 Å². The van der Waals surface area contributed by atoms with E-state index in [1.54, 1.807) is 23.1 Å². The first-order valence-electron chi connectivity index (χ1n) is 8.94. The topological polar surface area (TPSA) is 90.5 Å². The van der Waals surface area contributed by atoms with Gasteiger partial charge < -0.3 is 16.0 Å². The van der Waals surface area contributed by atoms with Crippen molar-refractivity contribution in [2.24, 2.45) is 5.92 Å². The van der Waals surface area contributed by atoms with E-state index in [2.05, 4.69) is 28.1 Å². The summed E-state index contributed by atoms with van der Waals surface area (Å²) >= 11 is 0. The molecule has 0 bridgehead atoms. The second kappa shape index (κ2) is 8.62. The summed E-state index contributed by atoms with van der Waals surface area (Å²) in [6.07, 6.45) is 6.67. The number of rotatable bonds is 6. The predicted octanol–water partition coefficient (Wildman–Crippen LogP) is 1.35. The van der Waals surface area contributed by atoms with E-state index in [9.17, 15) is 14.4 Å². The molecule has 1 saturated heterocycles. The SMILES string of the molecule is O=C1CN(CC(=O)Nc2ccccc2NC(=O)CC2C=CCC2)CCN1. The van der Waals surface area contributed by atoms with E-state index in [-0.39, 0.29) is 30.8 Å². The minimum absolute atomic E-state index is 0.0593. The van der Waals surface area contributed by atoms with Gasteiger partial charge >= 0.3 is 0 Å². The van der Waals surface area contributed by atoms with Gasteiger partial charge in [0.15, 0.2) is 0 Å². The van der Waals surface area contributed by atoms with Crippen LogP contribution in [0.25, 0.3) is 0 Å². The van der Waals surface area contributed by atoms with Crippen molar-refractivity contribution in [2.45, 2.75) is 19.3 Å². The molecule has 0 aromatic heterocycles. The molecule has 7 nitrogen and oxygen atoms in total. The third kappa shape index (κ3) is 5.16. The molecule has 0 saturated carbocycles. The largest absolute Gasteiger partial charge is 0.354 e. The monoisotopic (exact) mass is 356 g/mol. The molecule has 1 aliphatic carbocycles. The zero-order valence-electron chi connectivity index (χ0n) is 14.7. The van der Waals surface area contributed by atoms with Crippen molar-refractivity contribution >= 4 is 29.1 Å². The normalized spacial score (nSPS) is 19.8. The summed E-state index contributed by atoms with van der Waals surface area (Å²) < 4.78 is 0. The Morgan fingerprint density at radius 1 is 1.15 bits per heavy atom. The minimum Gasteiger partial charge on any atom is -0.354 e. The number of carbonyl (C=O) groups excluding carboxylic acids is 3. The van der Waals surface area contributed by atoms with Crippen molar-refractivity contribution in [3.63, 3.8) is 0 Å². The first-order valence-corrected chi connectivity index (χ1v) is 8.94. The van der Waals surface area contributed by atoms with Crippen LogP contribution in [0.3, 0.4) is 0 Å². The number of nitrogens with one attached hydrogen (secondary N) is 3. The van der Waals surface area contributed by atoms with Gasteiger partial charge in [0.05, 0.1) is 24.5 Å². The van der Waals surface area contributed by atoms with E-state index in [0.717, 1.165) is 12.8 Å². The Labute approximate surface area is 152 Å². The number of nitrogens with zero attached hydrogens (tertiary/aromatic N) is 1. The van der Waals surface area contributed by atoms with Crippen molar-refractivity contribution in [1.82, 2.24) is 10.2 Å². The van der Waals surface area contributed by atoms with Crippen LogP contribution in [-0.4, -0.2) is 48.8 Å². The van der Waals surface area contributed by atoms with E-state index in [1.807, 2.05) is 6.07 Å². The van der Waals surface area contributed by atoms with Crippen LogP contribution in [0.15, 0.2) is 36.4 Å². The molecule has 2 aliphatic rings. The van der Waals surface area contributed by atoms with Crippen LogP contribution in [0.2, 0.25) is 0 Å². The summed E-state index contributed by atoms with van der Waals surface area (Å²) in [6.45, 7) is 1.56. The Bertz CT molecular complexity index is 716. The molecule has 1 unspecified atom stereocenters. The summed E-state index contributed by atoms with van der Waals surface area (Å²) in [5, 5.41) is 8.45. The first-order chi connectivity index (χ1) is 12.6. The number of anilines is 2. The van der Waals surface area contributed by atoms with Crippen molar-refractivity contribution in [2.75, 3.05) is 36.8 Å². The van der Waals surface area contributed by atoms with Crippen LogP contribution < -0.4 is 16.0 Å². The van der Waals surface area contributed by atoms with Gasteiger partial charge in [-0.05, 0) is 30.9 Å². The average Bonchev–Trinajstić information content (AvgIpc) is 3.09. The molecule has 26 heavy (non-hydrogen) atoms. The van der Waals surface area contributed by atoms with Crippen molar-refractivity contribution in [1.29, 1.82) is 0 Å². The van der Waals surface area contributed by atoms with Gasteiger partial charge in [-0.1, -0.05) is 24.3 Å². The van der Waals surface area contributed by atoms with Crippen LogP contribution in [0.5, 0.6) is 0 Å². The minimum atomic E-state index is -0.208. The fraction of sp³-hybridized carbons (Fsp3) is 0.421. The zero-order valence-corrected chi connectivity index (χ0v) is 14.7. The van der Waals surface area contributed by atoms with Crippen molar-refractivity contribution in [3.8, 4) is 0 Å². The fourth-order valence-electron chi connectivity index (χ4n) is 3.23. The van der Waals surface area contributed by atoms with Crippen LogP contribution in [0.4, 0.5) is 11.4 Å². The summed E-state index contributed by atoms with van der Waals surface area (Å²) in [6, 6.07) is 7.15. The number of allylic oxidation sites excluding steroid dienone is 2. The van der Waals surface area contributed by atoms with Gasteiger partial charge in [-0.25, -0.2) is 0 Å². The highest BCUT2D eigenvalue weighted by molar-refractivity contribution is 6.00. The molecule has 1 atom stereocenters. The Kier molecular flexibility index (Phi) is 6.01. The lowest BCUT2D eigenvalue weighted by Crippen LogP contribution is -2.49. The molecule has 1 fully saturated rings. The quantitative estimate of drug-likeness (QED) is 0.671. The summed E-state index contributed by atoms with van der Waals surface area (Å²) in [7, 11) is 0. The van der Waals surface area contributed by atoms with E-state index < -0.39 is 0 Å². The third-order valence-electron chi connectivity index (χ3n) is 4.52. The fourth-order valence-corrected chi connectivity index (χ4v) is 3.23. The second-order valence-corrected chi connectivity index (χ2v) is 6.67. The van der Waals surface area contributed by atoms with Gasteiger partial charge in [-0.2, -0.15) is 0 Å². The zero-order chi connectivity index (χ0) is 18.4. The lowest BCUT2D eigenvalue weighted by Gasteiger charge is -2.25. The van der Waals surface area contributed by atoms with Crippen molar-refractivity contribution in [3.05, 3.63) is 36.4 Å². The van der Waals surface area contributed by atoms with E-state index >= 15 is 0 Å². The number of benzene rings is 1. The second-order valence-electron chi connectivity index (χ2n) is 6.67. The van der Waals surface area contributed by atoms with Crippen LogP contribution >= 0.6 is 0 Å². The van der Waals surface area contributed by atoms with E-state index in [4.69, 9.17) is 0 Å². The molecular weight excluding hydrogens is 332 g/mol. The highest BCUT2D eigenvalue weighted by Gasteiger charge is 2.19. The molecule has 1 aromatic carbocycles. The molecular formula is C19H24N4O3. The lowest BCUT2D eigenvalue weighted by atomic mass is 10.0. The molecule has 3 rings (SSSR count).